The van der Waals surface area contributed by atoms with E-state index in [-0.39, 0.29) is 16.4 Å². The summed E-state index contributed by atoms with van der Waals surface area (Å²) in [5.41, 5.74) is 3.96. The molecule has 1 N–H and O–H groups in total. The molecule has 1 aliphatic heterocycles. The Morgan fingerprint density at radius 1 is 0.900 bits per heavy atom. The Bertz CT molecular complexity index is 680. The third-order valence-electron chi connectivity index (χ3n) is 3.24. The number of carbonyl (C=O) groups is 2. The van der Waals surface area contributed by atoms with E-state index < -0.39 is 0 Å². The van der Waals surface area contributed by atoms with Gasteiger partial charge in [0.2, 0.25) is 0 Å². The van der Waals surface area contributed by atoms with Gasteiger partial charge in [-0.15, -0.1) is 0 Å². The van der Waals surface area contributed by atoms with Crippen LogP contribution >= 0.6 is 0 Å². The smallest absolute Gasteiger partial charge is 0.265 e. The molecular formula is C16H13N2O2+. The summed E-state index contributed by atoms with van der Waals surface area (Å²) in [6, 6.07) is 18.1. The molecule has 0 spiro atoms. The monoisotopic (exact) mass is 265 g/mol. The Balaban J connectivity index is 2.11. The van der Waals surface area contributed by atoms with Crippen LogP contribution in [0.2, 0.25) is 0 Å². The van der Waals surface area contributed by atoms with E-state index in [0.29, 0.717) is 11.3 Å². The predicted molar refractivity (Wildman–Crippen MR) is 76.3 cm³/mol. The molecule has 4 nitrogen and oxygen atoms in total. The van der Waals surface area contributed by atoms with E-state index in [1.165, 1.54) is 6.08 Å². The average Bonchev–Trinajstić information content (AvgIpc) is 2.92. The average molecular weight is 265 g/mol. The van der Waals surface area contributed by atoms with Crippen LogP contribution in [0.3, 0.4) is 0 Å². The molecule has 1 unspecified atom stereocenters. The first-order valence-electron chi connectivity index (χ1n) is 6.28. The summed E-state index contributed by atoms with van der Waals surface area (Å²) in [4.78, 5) is 24.4. The lowest BCUT2D eigenvalue weighted by molar-refractivity contribution is -0.117. The Labute approximate surface area is 116 Å². The molecule has 2 aromatic carbocycles. The van der Waals surface area contributed by atoms with Crippen molar-refractivity contribution < 1.29 is 9.59 Å². The lowest BCUT2D eigenvalue weighted by Gasteiger charge is -2.26. The fraction of sp³-hybridized carbons (Fsp3) is 0. The van der Waals surface area contributed by atoms with E-state index in [1.54, 1.807) is 30.5 Å². The molecule has 0 saturated heterocycles. The maximum atomic E-state index is 12.8. The van der Waals surface area contributed by atoms with Crippen molar-refractivity contribution in [1.29, 1.82) is 0 Å². The van der Waals surface area contributed by atoms with Gasteiger partial charge in [0.05, 0.1) is 11.6 Å². The van der Waals surface area contributed by atoms with E-state index in [9.17, 15) is 9.59 Å². The first-order valence-corrected chi connectivity index (χ1v) is 6.28. The van der Waals surface area contributed by atoms with Gasteiger partial charge in [0.1, 0.15) is 6.20 Å². The standard InChI is InChI=1S/C16H12N2O2/c19-15-11-12-18(17-15,14-9-5-2-6-10-14)16(20)13-7-3-1-4-8-13/h1-12H/p+1. The van der Waals surface area contributed by atoms with Crippen molar-refractivity contribution in [3.05, 3.63) is 78.5 Å². The third kappa shape index (κ3) is 1.92. The number of amides is 2. The Morgan fingerprint density at radius 3 is 2.05 bits per heavy atom. The summed E-state index contributed by atoms with van der Waals surface area (Å²) in [5, 5.41) is 0. The van der Waals surface area contributed by atoms with Gasteiger partial charge in [0, 0.05) is 12.1 Å². The number of hydrogen-bond donors (Lipinski definition) is 1. The molecule has 0 aliphatic carbocycles. The minimum absolute atomic E-state index is 0.195. The van der Waals surface area contributed by atoms with Crippen LogP contribution in [0.25, 0.3) is 0 Å². The molecule has 20 heavy (non-hydrogen) atoms. The second-order valence-electron chi connectivity index (χ2n) is 4.52. The van der Waals surface area contributed by atoms with Gasteiger partial charge in [-0.1, -0.05) is 41.0 Å². The maximum Gasteiger partial charge on any atom is 0.380 e. The molecule has 0 saturated carbocycles. The molecule has 0 radical (unpaired) electrons. The first-order chi connectivity index (χ1) is 9.72. The highest BCUT2D eigenvalue weighted by atomic mass is 16.2. The van der Waals surface area contributed by atoms with Crippen LogP contribution < -0.4 is 10.0 Å². The van der Waals surface area contributed by atoms with Crippen molar-refractivity contribution in [2.24, 2.45) is 0 Å². The second kappa shape index (κ2) is 4.75. The number of nitrogens with one attached hydrogen (secondary N) is 1. The van der Waals surface area contributed by atoms with Crippen molar-refractivity contribution in [3.63, 3.8) is 0 Å². The van der Waals surface area contributed by atoms with Crippen LogP contribution in [0.15, 0.2) is 72.9 Å². The van der Waals surface area contributed by atoms with Crippen LogP contribution in [0, 0.1) is 0 Å². The molecule has 1 atom stereocenters. The third-order valence-corrected chi connectivity index (χ3v) is 3.24. The fourth-order valence-corrected chi connectivity index (χ4v) is 2.26. The van der Waals surface area contributed by atoms with E-state index in [0.717, 1.165) is 0 Å². The molecule has 0 fully saturated rings. The van der Waals surface area contributed by atoms with Crippen molar-refractivity contribution in [3.8, 4) is 0 Å². The van der Waals surface area contributed by atoms with Crippen LogP contribution in [-0.2, 0) is 4.79 Å². The summed E-state index contributed by atoms with van der Waals surface area (Å²) >= 11 is 0. The minimum atomic E-state index is -0.316. The van der Waals surface area contributed by atoms with Crippen molar-refractivity contribution in [2.75, 3.05) is 0 Å². The molecule has 4 heteroatoms. The molecular weight excluding hydrogens is 252 g/mol. The zero-order chi connectivity index (χ0) is 14.0. The van der Waals surface area contributed by atoms with Crippen LogP contribution in [0.4, 0.5) is 5.69 Å². The van der Waals surface area contributed by atoms with E-state index in [2.05, 4.69) is 5.43 Å². The van der Waals surface area contributed by atoms with Gasteiger partial charge >= 0.3 is 5.91 Å². The van der Waals surface area contributed by atoms with E-state index in [4.69, 9.17) is 0 Å². The minimum Gasteiger partial charge on any atom is -0.265 e. The molecule has 3 rings (SSSR count). The van der Waals surface area contributed by atoms with E-state index >= 15 is 0 Å². The number of para-hydroxylation sites is 1. The number of benzene rings is 2. The van der Waals surface area contributed by atoms with Crippen LogP contribution in [0.5, 0.6) is 0 Å². The lowest BCUT2D eigenvalue weighted by Crippen LogP contribution is -2.58. The van der Waals surface area contributed by atoms with E-state index in [1.807, 2.05) is 36.4 Å². The van der Waals surface area contributed by atoms with Crippen molar-refractivity contribution in [1.82, 2.24) is 10.0 Å². The number of rotatable bonds is 2. The zero-order valence-corrected chi connectivity index (χ0v) is 10.7. The fourth-order valence-electron chi connectivity index (χ4n) is 2.26. The summed E-state index contributed by atoms with van der Waals surface area (Å²) < 4.78 is -0.316. The highest BCUT2D eigenvalue weighted by Gasteiger charge is 2.44. The molecule has 0 aromatic heterocycles. The van der Waals surface area contributed by atoms with Gasteiger partial charge in [-0.05, 0) is 12.1 Å². The molecule has 0 bridgehead atoms. The molecule has 2 amide bonds. The Morgan fingerprint density at radius 2 is 1.50 bits per heavy atom. The van der Waals surface area contributed by atoms with Crippen molar-refractivity contribution in [2.45, 2.75) is 0 Å². The summed E-state index contributed by atoms with van der Waals surface area (Å²) in [6.45, 7) is 0. The normalized spacial score (nSPS) is 20.7. The molecule has 1 heterocycles. The van der Waals surface area contributed by atoms with Gasteiger partial charge in [0.15, 0.2) is 5.69 Å². The highest BCUT2D eigenvalue weighted by molar-refractivity contribution is 6.08. The Hall–Kier alpha value is -2.72. The van der Waals surface area contributed by atoms with Crippen LogP contribution in [-0.4, -0.2) is 11.8 Å². The lowest BCUT2D eigenvalue weighted by atomic mass is 10.1. The van der Waals surface area contributed by atoms with Gasteiger partial charge in [-0.3, -0.25) is 4.79 Å². The summed E-state index contributed by atoms with van der Waals surface area (Å²) in [7, 11) is 0. The Kier molecular flexibility index (Phi) is 2.93. The first kappa shape index (κ1) is 12.3. The van der Waals surface area contributed by atoms with Gasteiger partial charge in [-0.25, -0.2) is 4.79 Å². The quantitative estimate of drug-likeness (QED) is 0.847. The topological polar surface area (TPSA) is 46.2 Å². The SMILES string of the molecule is O=C1C=C[N+](C(=O)c2ccccc2)(c2ccccc2)N1. The van der Waals surface area contributed by atoms with Crippen molar-refractivity contribution >= 4 is 17.5 Å². The second-order valence-corrected chi connectivity index (χ2v) is 4.52. The molecule has 2 aromatic rings. The highest BCUT2D eigenvalue weighted by Crippen LogP contribution is 2.26. The number of quaternary nitrogens is 1. The zero-order valence-electron chi connectivity index (χ0n) is 10.7. The van der Waals surface area contributed by atoms with Crippen LogP contribution in [0.1, 0.15) is 10.4 Å². The largest absolute Gasteiger partial charge is 0.380 e. The maximum absolute atomic E-state index is 12.8. The van der Waals surface area contributed by atoms with Gasteiger partial charge < -0.3 is 0 Å². The summed E-state index contributed by atoms with van der Waals surface area (Å²) in [6.07, 6.45) is 2.96. The number of nitrogens with zero attached hydrogens (tertiary/aromatic N) is 1. The summed E-state index contributed by atoms with van der Waals surface area (Å²) in [5.74, 6) is -0.475. The predicted octanol–water partition coefficient (Wildman–Crippen LogP) is 2.39. The number of hydrogen-bond acceptors (Lipinski definition) is 2. The molecule has 98 valence electrons. The molecule has 1 aliphatic rings. The van der Waals surface area contributed by atoms with Gasteiger partial charge in [-0.2, -0.15) is 5.43 Å². The number of carbonyl (C=O) groups excluding carboxylic acids is 2. The van der Waals surface area contributed by atoms with Gasteiger partial charge in [0.25, 0.3) is 5.91 Å².